The molecular formula is C17H22N4O3. The number of carbonyl (C=O) groups is 2. The first-order chi connectivity index (χ1) is 11.6. The Bertz CT molecular complexity index is 735. The molecule has 7 nitrogen and oxygen atoms in total. The van der Waals surface area contributed by atoms with Crippen molar-refractivity contribution in [3.63, 3.8) is 0 Å². The van der Waals surface area contributed by atoms with E-state index in [9.17, 15) is 9.59 Å². The van der Waals surface area contributed by atoms with E-state index in [1.807, 2.05) is 23.2 Å². The molecule has 24 heavy (non-hydrogen) atoms. The van der Waals surface area contributed by atoms with Crippen molar-refractivity contribution in [2.45, 2.75) is 6.92 Å². The summed E-state index contributed by atoms with van der Waals surface area (Å²) in [6.45, 7) is 5.55. The zero-order valence-electron chi connectivity index (χ0n) is 14.0. The van der Waals surface area contributed by atoms with Crippen LogP contribution in [0.15, 0.2) is 24.3 Å². The van der Waals surface area contributed by atoms with Crippen molar-refractivity contribution in [1.29, 1.82) is 0 Å². The van der Waals surface area contributed by atoms with E-state index < -0.39 is 0 Å². The third kappa shape index (κ3) is 3.27. The molecular weight excluding hydrogens is 308 g/mol. The Hall–Kier alpha value is -2.38. The molecule has 1 saturated heterocycles. The topological polar surface area (TPSA) is 68.9 Å². The second kappa shape index (κ2) is 7.02. The highest BCUT2D eigenvalue weighted by atomic mass is 16.5. The van der Waals surface area contributed by atoms with E-state index in [0.717, 1.165) is 49.2 Å². The van der Waals surface area contributed by atoms with Gasteiger partial charge in [-0.25, -0.2) is 14.8 Å². The van der Waals surface area contributed by atoms with Crippen LogP contribution in [0.3, 0.4) is 0 Å². The van der Waals surface area contributed by atoms with E-state index in [0.29, 0.717) is 12.3 Å². The van der Waals surface area contributed by atoms with Gasteiger partial charge in [0.25, 0.3) is 0 Å². The average Bonchev–Trinajstić information content (AvgIpc) is 3.01. The number of amides is 1. The number of rotatable bonds is 5. The summed E-state index contributed by atoms with van der Waals surface area (Å²) in [6.07, 6.45) is 0.839. The molecule has 1 aliphatic heterocycles. The number of piperazine rings is 1. The third-order valence-corrected chi connectivity index (χ3v) is 4.25. The fourth-order valence-electron chi connectivity index (χ4n) is 2.88. The number of nitrogens with zero attached hydrogens (tertiary/aromatic N) is 3. The zero-order chi connectivity index (χ0) is 17.1. The lowest BCUT2D eigenvalue weighted by molar-refractivity contribution is -0.110. The van der Waals surface area contributed by atoms with Gasteiger partial charge in [0.2, 0.25) is 6.41 Å². The van der Waals surface area contributed by atoms with Crippen molar-refractivity contribution in [2.24, 2.45) is 0 Å². The summed E-state index contributed by atoms with van der Waals surface area (Å²) < 4.78 is 5.01. The van der Waals surface area contributed by atoms with E-state index in [2.05, 4.69) is 16.9 Å². The van der Waals surface area contributed by atoms with Crippen LogP contribution in [0.1, 0.15) is 17.4 Å². The molecule has 0 aliphatic carbocycles. The van der Waals surface area contributed by atoms with E-state index in [1.165, 1.54) is 0 Å². The van der Waals surface area contributed by atoms with Gasteiger partial charge in [-0.3, -0.25) is 4.79 Å². The van der Waals surface area contributed by atoms with Crippen LogP contribution in [0.25, 0.3) is 10.9 Å². The number of benzene rings is 1. The molecule has 0 saturated carbocycles. The Kier molecular flexibility index (Phi) is 4.82. The normalized spacial score (nSPS) is 16.2. The maximum atomic E-state index is 11.8. The molecule has 0 radical (unpaired) electrons. The monoisotopic (exact) mass is 330 g/mol. The maximum absolute atomic E-state index is 11.8. The molecule has 1 amide bonds. The first-order valence-electron chi connectivity index (χ1n) is 8.10. The number of esters is 1. The van der Waals surface area contributed by atoms with Crippen molar-refractivity contribution >= 4 is 29.0 Å². The van der Waals surface area contributed by atoms with Crippen molar-refractivity contribution in [1.82, 2.24) is 14.9 Å². The van der Waals surface area contributed by atoms with Crippen molar-refractivity contribution in [3.05, 3.63) is 30.0 Å². The van der Waals surface area contributed by atoms with Gasteiger partial charge in [0.05, 0.1) is 12.3 Å². The summed E-state index contributed by atoms with van der Waals surface area (Å²) in [5.74, 6) is -0.374. The van der Waals surface area contributed by atoms with Gasteiger partial charge < -0.3 is 14.6 Å². The number of carbonyl (C=O) groups excluding carboxylic acids is 2. The molecule has 1 fully saturated rings. The van der Waals surface area contributed by atoms with Crippen molar-refractivity contribution in [2.75, 3.05) is 44.8 Å². The number of hydrogen-bond donors (Lipinski definition) is 1. The average molecular weight is 330 g/mol. The number of hydrazine groups is 1. The van der Waals surface area contributed by atoms with E-state index in [1.54, 1.807) is 18.0 Å². The Morgan fingerprint density at radius 1 is 1.29 bits per heavy atom. The summed E-state index contributed by atoms with van der Waals surface area (Å²) >= 11 is 0. The summed E-state index contributed by atoms with van der Waals surface area (Å²) in [5.41, 5.74) is 2.05. The highest BCUT2D eigenvalue weighted by Crippen LogP contribution is 2.24. The molecule has 2 aromatic rings. The molecule has 0 spiro atoms. The highest BCUT2D eigenvalue weighted by Gasteiger charge is 2.21. The van der Waals surface area contributed by atoms with Crippen LogP contribution < -0.4 is 5.01 Å². The Morgan fingerprint density at radius 2 is 2.04 bits per heavy atom. The molecule has 0 unspecified atom stereocenters. The summed E-state index contributed by atoms with van der Waals surface area (Å²) in [4.78, 5) is 28.7. The van der Waals surface area contributed by atoms with Crippen LogP contribution in [-0.2, 0) is 9.53 Å². The zero-order valence-corrected chi connectivity index (χ0v) is 14.0. The molecule has 2 heterocycles. The number of anilines is 1. The first-order valence-corrected chi connectivity index (χ1v) is 8.10. The molecule has 0 bridgehead atoms. The van der Waals surface area contributed by atoms with Crippen LogP contribution in [-0.4, -0.2) is 67.1 Å². The molecule has 3 rings (SSSR count). The van der Waals surface area contributed by atoms with Crippen LogP contribution >= 0.6 is 0 Å². The number of H-pyrrole nitrogens is 1. The number of fused-ring (bicyclic) bond motifs is 1. The Labute approximate surface area is 140 Å². The lowest BCUT2D eigenvalue weighted by atomic mass is 10.2. The fourth-order valence-corrected chi connectivity index (χ4v) is 2.88. The molecule has 1 aromatic carbocycles. The van der Waals surface area contributed by atoms with Crippen molar-refractivity contribution < 1.29 is 14.3 Å². The van der Waals surface area contributed by atoms with Gasteiger partial charge in [-0.2, -0.15) is 0 Å². The lowest BCUT2D eigenvalue weighted by Gasteiger charge is -2.38. The minimum atomic E-state index is -0.374. The molecule has 1 aromatic heterocycles. The number of nitrogens with one attached hydrogen (secondary N) is 1. The van der Waals surface area contributed by atoms with Crippen LogP contribution in [0, 0.1) is 0 Å². The summed E-state index contributed by atoms with van der Waals surface area (Å²) in [6, 6.07) is 7.41. The second-order valence-corrected chi connectivity index (χ2v) is 5.88. The smallest absolute Gasteiger partial charge is 0.354 e. The first kappa shape index (κ1) is 16.5. The number of ether oxygens (including phenoxy) is 1. The minimum Gasteiger partial charge on any atom is -0.461 e. The minimum absolute atomic E-state index is 0.335. The predicted molar refractivity (Wildman–Crippen MR) is 91.9 cm³/mol. The van der Waals surface area contributed by atoms with Gasteiger partial charge in [0, 0.05) is 37.1 Å². The number of aromatic amines is 1. The van der Waals surface area contributed by atoms with Gasteiger partial charge in [-0.15, -0.1) is 0 Å². The molecule has 1 aliphatic rings. The standard InChI is InChI=1S/C17H22N4O3/c1-3-24-17(23)16-11-13-10-14(4-5-15(13)18-16)21(12-22)20-8-6-19(2)7-9-20/h4-5,10-12,18H,3,6-9H2,1-2H3. The van der Waals surface area contributed by atoms with Crippen LogP contribution in [0.4, 0.5) is 5.69 Å². The molecule has 7 heteroatoms. The predicted octanol–water partition coefficient (Wildman–Crippen LogP) is 1.47. The van der Waals surface area contributed by atoms with Crippen molar-refractivity contribution in [3.8, 4) is 0 Å². The van der Waals surface area contributed by atoms with Gasteiger partial charge in [-0.1, -0.05) is 0 Å². The van der Waals surface area contributed by atoms with Gasteiger partial charge in [0.15, 0.2) is 0 Å². The van der Waals surface area contributed by atoms with E-state index in [-0.39, 0.29) is 5.97 Å². The number of likely N-dealkylation sites (N-methyl/N-ethyl adjacent to an activating group) is 1. The SMILES string of the molecule is CCOC(=O)c1cc2cc(N(C=O)N3CCN(C)CC3)ccc2[nH]1. The van der Waals surface area contributed by atoms with Crippen LogP contribution in [0.5, 0.6) is 0 Å². The molecule has 1 N–H and O–H groups in total. The Balaban J connectivity index is 1.85. The summed E-state index contributed by atoms with van der Waals surface area (Å²) in [7, 11) is 2.07. The quantitative estimate of drug-likeness (QED) is 0.664. The summed E-state index contributed by atoms with van der Waals surface area (Å²) in [5, 5.41) is 4.55. The maximum Gasteiger partial charge on any atom is 0.354 e. The van der Waals surface area contributed by atoms with E-state index in [4.69, 9.17) is 4.74 Å². The van der Waals surface area contributed by atoms with E-state index >= 15 is 0 Å². The lowest BCUT2D eigenvalue weighted by Crippen LogP contribution is -2.52. The number of hydrogen-bond acceptors (Lipinski definition) is 5. The molecule has 0 atom stereocenters. The third-order valence-electron chi connectivity index (χ3n) is 4.25. The molecule has 128 valence electrons. The Morgan fingerprint density at radius 3 is 2.71 bits per heavy atom. The highest BCUT2D eigenvalue weighted by molar-refractivity contribution is 5.96. The van der Waals surface area contributed by atoms with Gasteiger partial charge >= 0.3 is 5.97 Å². The van der Waals surface area contributed by atoms with Gasteiger partial charge in [-0.05, 0) is 38.2 Å². The number of aromatic nitrogens is 1. The largest absolute Gasteiger partial charge is 0.461 e. The van der Waals surface area contributed by atoms with Gasteiger partial charge in [0.1, 0.15) is 5.69 Å². The van der Waals surface area contributed by atoms with Crippen LogP contribution in [0.2, 0.25) is 0 Å². The fraction of sp³-hybridized carbons (Fsp3) is 0.412. The second-order valence-electron chi connectivity index (χ2n) is 5.88.